The molecule has 0 saturated heterocycles. The number of ether oxygens (including phenoxy) is 2. The lowest BCUT2D eigenvalue weighted by atomic mass is 10.2. The van der Waals surface area contributed by atoms with E-state index in [1.165, 1.54) is 25.3 Å². The molecule has 0 spiro atoms. The summed E-state index contributed by atoms with van der Waals surface area (Å²) >= 11 is 8.89. The van der Waals surface area contributed by atoms with E-state index in [1.54, 1.807) is 12.1 Å². The van der Waals surface area contributed by atoms with Crippen LogP contribution in [0.4, 0.5) is 11.4 Å². The molecule has 26 heavy (non-hydrogen) atoms. The number of hydrogen-bond acceptors (Lipinski definition) is 6. The number of halogens is 2. The lowest BCUT2D eigenvalue weighted by molar-refractivity contribution is -0.385. The van der Waals surface area contributed by atoms with Crippen molar-refractivity contribution in [2.45, 2.75) is 0 Å². The molecule has 0 atom stereocenters. The Morgan fingerprint density at radius 1 is 1.27 bits per heavy atom. The van der Waals surface area contributed by atoms with Crippen molar-refractivity contribution in [2.75, 3.05) is 19.0 Å². The lowest BCUT2D eigenvalue weighted by Crippen LogP contribution is -2.21. The number of esters is 1. The van der Waals surface area contributed by atoms with Crippen LogP contribution in [0.25, 0.3) is 0 Å². The van der Waals surface area contributed by atoms with E-state index in [4.69, 9.17) is 21.1 Å². The standard InChI is InChI=1S/C16H12BrClN2O6/c1-25-14-5-3-10(18)7-12(14)19-15(21)8-26-16(22)9-2-4-11(17)13(6-9)20(23)24/h2-7H,8H2,1H3,(H,19,21). The first-order valence-corrected chi connectivity index (χ1v) is 8.23. The fourth-order valence-corrected chi connectivity index (χ4v) is 2.52. The Balaban J connectivity index is 2.01. The molecule has 0 aliphatic heterocycles. The van der Waals surface area contributed by atoms with E-state index in [-0.39, 0.29) is 15.7 Å². The van der Waals surface area contributed by atoms with Crippen LogP contribution in [-0.4, -0.2) is 30.5 Å². The molecular formula is C16H12BrClN2O6. The van der Waals surface area contributed by atoms with Crippen molar-refractivity contribution in [3.63, 3.8) is 0 Å². The normalized spacial score (nSPS) is 10.1. The number of nitro groups is 1. The van der Waals surface area contributed by atoms with Gasteiger partial charge >= 0.3 is 5.97 Å². The highest BCUT2D eigenvalue weighted by Crippen LogP contribution is 2.28. The summed E-state index contributed by atoms with van der Waals surface area (Å²) in [7, 11) is 1.43. The number of nitro benzene ring substituents is 1. The summed E-state index contributed by atoms with van der Waals surface area (Å²) in [4.78, 5) is 34.2. The molecule has 1 N–H and O–H groups in total. The molecule has 0 radical (unpaired) electrons. The number of amides is 1. The van der Waals surface area contributed by atoms with Gasteiger partial charge in [0.1, 0.15) is 5.75 Å². The summed E-state index contributed by atoms with van der Waals surface area (Å²) < 4.78 is 10.2. The minimum absolute atomic E-state index is 0.0481. The Bertz CT molecular complexity index is 874. The molecule has 0 aliphatic rings. The summed E-state index contributed by atoms with van der Waals surface area (Å²) in [5.41, 5.74) is -0.0130. The van der Waals surface area contributed by atoms with Crippen molar-refractivity contribution in [3.8, 4) is 5.75 Å². The van der Waals surface area contributed by atoms with Crippen molar-refractivity contribution < 1.29 is 24.0 Å². The number of benzene rings is 2. The molecule has 0 fully saturated rings. The maximum Gasteiger partial charge on any atom is 0.338 e. The Labute approximate surface area is 161 Å². The van der Waals surface area contributed by atoms with Crippen molar-refractivity contribution in [1.82, 2.24) is 0 Å². The van der Waals surface area contributed by atoms with E-state index in [0.29, 0.717) is 16.5 Å². The first kappa shape index (κ1) is 19.7. The predicted octanol–water partition coefficient (Wildman–Crippen LogP) is 3.81. The van der Waals surface area contributed by atoms with Gasteiger partial charge in [-0.2, -0.15) is 0 Å². The number of carbonyl (C=O) groups is 2. The Kier molecular flexibility index (Phi) is 6.53. The molecular weight excluding hydrogens is 432 g/mol. The quantitative estimate of drug-likeness (QED) is 0.413. The molecule has 2 aromatic carbocycles. The molecule has 0 saturated carbocycles. The zero-order valence-electron chi connectivity index (χ0n) is 13.3. The third kappa shape index (κ3) is 4.93. The predicted molar refractivity (Wildman–Crippen MR) is 97.7 cm³/mol. The van der Waals surface area contributed by atoms with E-state index in [0.717, 1.165) is 6.07 Å². The van der Waals surface area contributed by atoms with Gasteiger partial charge in [0.15, 0.2) is 6.61 Å². The Morgan fingerprint density at radius 2 is 2.00 bits per heavy atom. The van der Waals surface area contributed by atoms with E-state index < -0.39 is 23.4 Å². The van der Waals surface area contributed by atoms with Gasteiger partial charge in [0.25, 0.3) is 11.6 Å². The van der Waals surface area contributed by atoms with Crippen molar-refractivity contribution in [2.24, 2.45) is 0 Å². The topological polar surface area (TPSA) is 108 Å². The average molecular weight is 444 g/mol. The van der Waals surface area contributed by atoms with Crippen LogP contribution in [-0.2, 0) is 9.53 Å². The Hall–Kier alpha value is -2.65. The summed E-state index contributed by atoms with van der Waals surface area (Å²) in [5.74, 6) is -1.10. The number of nitrogens with one attached hydrogen (secondary N) is 1. The number of rotatable bonds is 6. The van der Waals surface area contributed by atoms with E-state index in [1.807, 2.05) is 0 Å². The average Bonchev–Trinajstić information content (AvgIpc) is 2.60. The maximum atomic E-state index is 12.0. The van der Waals surface area contributed by atoms with Gasteiger partial charge in [-0.15, -0.1) is 0 Å². The van der Waals surface area contributed by atoms with Crippen LogP contribution in [0.3, 0.4) is 0 Å². The largest absolute Gasteiger partial charge is 0.495 e. The summed E-state index contributed by atoms with van der Waals surface area (Å²) in [6, 6.07) is 8.41. The zero-order valence-corrected chi connectivity index (χ0v) is 15.7. The van der Waals surface area contributed by atoms with Crippen molar-refractivity contribution >= 4 is 50.8 Å². The second-order valence-electron chi connectivity index (χ2n) is 4.89. The third-order valence-electron chi connectivity index (χ3n) is 3.15. The fourth-order valence-electron chi connectivity index (χ4n) is 1.96. The highest BCUT2D eigenvalue weighted by molar-refractivity contribution is 9.10. The molecule has 0 bridgehead atoms. The molecule has 2 aromatic rings. The second kappa shape index (κ2) is 8.63. The minimum atomic E-state index is -0.867. The first-order chi connectivity index (χ1) is 12.3. The second-order valence-corrected chi connectivity index (χ2v) is 6.18. The number of anilines is 1. The Morgan fingerprint density at radius 3 is 2.65 bits per heavy atom. The SMILES string of the molecule is COc1ccc(Cl)cc1NC(=O)COC(=O)c1ccc(Br)c([N+](=O)[O-])c1. The van der Waals surface area contributed by atoms with Gasteiger partial charge in [-0.1, -0.05) is 11.6 Å². The van der Waals surface area contributed by atoms with Gasteiger partial charge in [0, 0.05) is 11.1 Å². The van der Waals surface area contributed by atoms with E-state index in [2.05, 4.69) is 21.2 Å². The molecule has 0 aromatic heterocycles. The van der Waals surface area contributed by atoms with Crippen LogP contribution in [0.5, 0.6) is 5.75 Å². The first-order valence-electron chi connectivity index (χ1n) is 7.06. The summed E-state index contributed by atoms with van der Waals surface area (Å²) in [5, 5.41) is 13.8. The summed E-state index contributed by atoms with van der Waals surface area (Å²) in [6.45, 7) is -0.585. The van der Waals surface area contributed by atoms with Crippen LogP contribution in [0.2, 0.25) is 5.02 Å². The van der Waals surface area contributed by atoms with Crippen LogP contribution in [0, 0.1) is 10.1 Å². The maximum absolute atomic E-state index is 12.0. The van der Waals surface area contributed by atoms with Gasteiger partial charge in [0.05, 0.1) is 27.8 Å². The molecule has 2 rings (SSSR count). The molecule has 0 heterocycles. The van der Waals surface area contributed by atoms with Gasteiger partial charge in [0.2, 0.25) is 0 Å². The number of carbonyl (C=O) groups excluding carboxylic acids is 2. The van der Waals surface area contributed by atoms with E-state index >= 15 is 0 Å². The van der Waals surface area contributed by atoms with Gasteiger partial charge in [-0.3, -0.25) is 14.9 Å². The molecule has 1 amide bonds. The molecule has 10 heteroatoms. The van der Waals surface area contributed by atoms with Crippen LogP contribution in [0.1, 0.15) is 10.4 Å². The monoisotopic (exact) mass is 442 g/mol. The van der Waals surface area contributed by atoms with Crippen LogP contribution < -0.4 is 10.1 Å². The zero-order chi connectivity index (χ0) is 19.3. The van der Waals surface area contributed by atoms with Crippen molar-refractivity contribution in [3.05, 3.63) is 61.6 Å². The smallest absolute Gasteiger partial charge is 0.338 e. The molecule has 0 unspecified atom stereocenters. The van der Waals surface area contributed by atoms with Gasteiger partial charge < -0.3 is 14.8 Å². The van der Waals surface area contributed by atoms with Gasteiger partial charge in [-0.05, 0) is 46.3 Å². The highest BCUT2D eigenvalue weighted by Gasteiger charge is 2.18. The molecule has 136 valence electrons. The number of nitrogens with zero attached hydrogens (tertiary/aromatic N) is 1. The number of methoxy groups -OCH3 is 1. The summed E-state index contributed by atoms with van der Waals surface area (Å²) in [6.07, 6.45) is 0. The lowest BCUT2D eigenvalue weighted by Gasteiger charge is -2.11. The third-order valence-corrected chi connectivity index (χ3v) is 4.05. The van der Waals surface area contributed by atoms with Crippen molar-refractivity contribution in [1.29, 1.82) is 0 Å². The minimum Gasteiger partial charge on any atom is -0.495 e. The molecule has 0 aliphatic carbocycles. The highest BCUT2D eigenvalue weighted by atomic mass is 79.9. The van der Waals surface area contributed by atoms with Gasteiger partial charge in [-0.25, -0.2) is 4.79 Å². The van der Waals surface area contributed by atoms with E-state index in [9.17, 15) is 19.7 Å². The molecule has 8 nitrogen and oxygen atoms in total. The number of hydrogen-bond donors (Lipinski definition) is 1. The fraction of sp³-hybridized carbons (Fsp3) is 0.125. The van der Waals surface area contributed by atoms with Crippen LogP contribution >= 0.6 is 27.5 Å². The van der Waals surface area contributed by atoms with Crippen LogP contribution in [0.15, 0.2) is 40.9 Å².